The first-order chi connectivity index (χ1) is 11.0. The van der Waals surface area contributed by atoms with Crippen LogP contribution >= 0.6 is 0 Å². The first-order valence-corrected chi connectivity index (χ1v) is 8.95. The van der Waals surface area contributed by atoms with Crippen molar-refractivity contribution in [2.75, 3.05) is 4.72 Å². The third-order valence-corrected chi connectivity index (χ3v) is 5.92. The Morgan fingerprint density at radius 1 is 0.917 bits per heavy atom. The van der Waals surface area contributed by atoms with Gasteiger partial charge in [0.05, 0.1) is 16.6 Å². The van der Waals surface area contributed by atoms with E-state index >= 15 is 0 Å². The molecule has 0 spiro atoms. The summed E-state index contributed by atoms with van der Waals surface area (Å²) >= 11 is 0. The highest BCUT2D eigenvalue weighted by Gasteiger charge is 2.22. The van der Waals surface area contributed by atoms with Crippen LogP contribution in [0.4, 0.5) is 5.69 Å². The second-order valence-electron chi connectivity index (χ2n) is 6.01. The van der Waals surface area contributed by atoms with Crippen molar-refractivity contribution in [3.05, 3.63) is 57.6 Å². The predicted molar refractivity (Wildman–Crippen MR) is 91.7 cm³/mol. The van der Waals surface area contributed by atoms with E-state index in [1.54, 1.807) is 26.8 Å². The number of benzene rings is 2. The molecule has 0 aromatic heterocycles. The number of rotatable bonds is 4. The van der Waals surface area contributed by atoms with Crippen LogP contribution in [0.1, 0.15) is 38.2 Å². The largest absolute Gasteiger partial charge is 0.545 e. The van der Waals surface area contributed by atoms with E-state index in [1.807, 2.05) is 19.9 Å². The lowest BCUT2D eigenvalue weighted by Gasteiger charge is -2.18. The Balaban J connectivity index is 2.59. The second-order valence-corrected chi connectivity index (χ2v) is 7.63. The zero-order valence-corrected chi connectivity index (χ0v) is 15.2. The summed E-state index contributed by atoms with van der Waals surface area (Å²) in [5.74, 6) is -1.35. The van der Waals surface area contributed by atoms with Gasteiger partial charge in [0.15, 0.2) is 0 Å². The smallest absolute Gasteiger partial charge is 0.262 e. The maximum Gasteiger partial charge on any atom is 0.262 e. The molecule has 1 N–H and O–H groups in total. The standard InChI is InChI=1S/C18H21NO4S/c1-10-6-7-15(18(20)21)9-16(10)19-24(22,23)17-13(4)11(2)8-12(3)14(17)5/h6-9,19H,1-5H3,(H,20,21)/p-1. The van der Waals surface area contributed by atoms with Crippen molar-refractivity contribution in [1.29, 1.82) is 0 Å². The highest BCUT2D eigenvalue weighted by atomic mass is 32.2. The van der Waals surface area contributed by atoms with Crippen molar-refractivity contribution in [3.63, 3.8) is 0 Å². The van der Waals surface area contributed by atoms with Crippen LogP contribution in [0.5, 0.6) is 0 Å². The summed E-state index contributed by atoms with van der Waals surface area (Å²) in [4.78, 5) is 11.2. The van der Waals surface area contributed by atoms with Gasteiger partial charge in [-0.2, -0.15) is 0 Å². The van der Waals surface area contributed by atoms with E-state index in [0.717, 1.165) is 11.1 Å². The second kappa shape index (κ2) is 6.28. The van der Waals surface area contributed by atoms with Crippen LogP contribution < -0.4 is 9.83 Å². The molecule has 0 atom stereocenters. The SMILES string of the molecule is Cc1ccc(C(=O)[O-])cc1NS(=O)(=O)c1c(C)c(C)cc(C)c1C. The summed E-state index contributed by atoms with van der Waals surface area (Å²) in [6, 6.07) is 6.15. The van der Waals surface area contributed by atoms with Crippen molar-refractivity contribution in [3.8, 4) is 0 Å². The maximum absolute atomic E-state index is 12.9. The lowest BCUT2D eigenvalue weighted by Crippen LogP contribution is -2.23. The molecule has 0 aliphatic carbocycles. The van der Waals surface area contributed by atoms with Crippen LogP contribution in [0.3, 0.4) is 0 Å². The predicted octanol–water partition coefficient (Wildman–Crippen LogP) is 2.39. The van der Waals surface area contributed by atoms with Crippen LogP contribution in [-0.2, 0) is 10.0 Å². The molecule has 0 radical (unpaired) electrons. The van der Waals surface area contributed by atoms with E-state index in [9.17, 15) is 18.3 Å². The van der Waals surface area contributed by atoms with Crippen molar-refractivity contribution >= 4 is 21.7 Å². The Kier molecular flexibility index (Phi) is 4.71. The molecule has 0 saturated carbocycles. The zero-order chi connectivity index (χ0) is 18.2. The topological polar surface area (TPSA) is 86.3 Å². The number of sulfonamides is 1. The van der Waals surface area contributed by atoms with Crippen molar-refractivity contribution in [2.45, 2.75) is 39.5 Å². The Morgan fingerprint density at radius 3 is 1.96 bits per heavy atom. The van der Waals surface area contributed by atoms with E-state index in [-0.39, 0.29) is 16.1 Å². The monoisotopic (exact) mass is 346 g/mol. The first kappa shape index (κ1) is 18.0. The molecule has 0 fully saturated rings. The summed E-state index contributed by atoms with van der Waals surface area (Å²) < 4.78 is 28.3. The molecule has 0 aliphatic heterocycles. The van der Waals surface area contributed by atoms with Gasteiger partial charge in [-0.25, -0.2) is 8.42 Å². The van der Waals surface area contributed by atoms with Crippen molar-refractivity contribution in [2.24, 2.45) is 0 Å². The van der Waals surface area contributed by atoms with Crippen LogP contribution in [0.25, 0.3) is 0 Å². The average Bonchev–Trinajstić information content (AvgIpc) is 2.47. The van der Waals surface area contributed by atoms with E-state index < -0.39 is 16.0 Å². The Morgan fingerprint density at radius 2 is 1.46 bits per heavy atom. The van der Waals surface area contributed by atoms with Gasteiger partial charge >= 0.3 is 0 Å². The number of hydrogen-bond acceptors (Lipinski definition) is 4. The molecule has 0 amide bonds. The molecule has 2 aromatic rings. The summed E-state index contributed by atoms with van der Waals surface area (Å²) in [7, 11) is -3.85. The molecule has 5 nitrogen and oxygen atoms in total. The third-order valence-electron chi connectivity index (χ3n) is 4.28. The number of carbonyl (C=O) groups excluding carboxylic acids is 1. The van der Waals surface area contributed by atoms with Gasteiger partial charge in [0.1, 0.15) is 0 Å². The van der Waals surface area contributed by atoms with Crippen molar-refractivity contribution in [1.82, 2.24) is 0 Å². The molecule has 0 heterocycles. The minimum absolute atomic E-state index is 0.0767. The van der Waals surface area contributed by atoms with Gasteiger partial charge in [-0.3, -0.25) is 4.72 Å². The number of aromatic carboxylic acids is 1. The normalized spacial score (nSPS) is 11.4. The van der Waals surface area contributed by atoms with Gasteiger partial charge in [0.25, 0.3) is 10.0 Å². The molecular formula is C18H20NO4S-. The van der Waals surface area contributed by atoms with Gasteiger partial charge in [-0.05, 0) is 74.1 Å². The molecule has 0 bridgehead atoms. The van der Waals surface area contributed by atoms with E-state index in [0.29, 0.717) is 16.7 Å². The zero-order valence-electron chi connectivity index (χ0n) is 14.4. The highest BCUT2D eigenvalue weighted by Crippen LogP contribution is 2.29. The minimum Gasteiger partial charge on any atom is -0.545 e. The Labute approximate surface area is 142 Å². The van der Waals surface area contributed by atoms with Gasteiger partial charge in [0, 0.05) is 0 Å². The lowest BCUT2D eigenvalue weighted by atomic mass is 10.0. The summed E-state index contributed by atoms with van der Waals surface area (Å²) in [5.41, 5.74) is 3.92. The van der Waals surface area contributed by atoms with Gasteiger partial charge < -0.3 is 9.90 Å². The number of aryl methyl sites for hydroxylation is 3. The fourth-order valence-corrected chi connectivity index (χ4v) is 4.38. The molecule has 6 heteroatoms. The van der Waals surface area contributed by atoms with Crippen LogP contribution in [-0.4, -0.2) is 14.4 Å². The summed E-state index contributed by atoms with van der Waals surface area (Å²) in [5, 5.41) is 11.0. The van der Waals surface area contributed by atoms with E-state index in [1.165, 1.54) is 12.1 Å². The third kappa shape index (κ3) is 3.28. The quantitative estimate of drug-likeness (QED) is 0.921. The van der Waals surface area contributed by atoms with Crippen LogP contribution in [0.15, 0.2) is 29.2 Å². The number of nitrogens with one attached hydrogen (secondary N) is 1. The molecule has 128 valence electrons. The average molecular weight is 346 g/mol. The highest BCUT2D eigenvalue weighted by molar-refractivity contribution is 7.92. The van der Waals surface area contributed by atoms with Crippen LogP contribution in [0.2, 0.25) is 0 Å². The molecule has 2 rings (SSSR count). The molecule has 24 heavy (non-hydrogen) atoms. The fraction of sp³-hybridized carbons (Fsp3) is 0.278. The van der Waals surface area contributed by atoms with Crippen LogP contribution in [0, 0.1) is 34.6 Å². The van der Waals surface area contributed by atoms with Gasteiger partial charge in [-0.15, -0.1) is 0 Å². The molecule has 0 saturated heterocycles. The minimum atomic E-state index is -3.85. The molecule has 0 aliphatic rings. The molecular weight excluding hydrogens is 326 g/mol. The van der Waals surface area contributed by atoms with Gasteiger partial charge in [0.2, 0.25) is 0 Å². The number of carbonyl (C=O) groups is 1. The van der Waals surface area contributed by atoms with E-state index in [4.69, 9.17) is 0 Å². The fourth-order valence-electron chi connectivity index (χ4n) is 2.64. The lowest BCUT2D eigenvalue weighted by molar-refractivity contribution is -0.255. The molecule has 2 aromatic carbocycles. The summed E-state index contributed by atoms with van der Waals surface area (Å²) in [6.45, 7) is 8.96. The summed E-state index contributed by atoms with van der Waals surface area (Å²) in [6.07, 6.45) is 0. The number of carboxylic acid groups (broad SMARTS) is 1. The first-order valence-electron chi connectivity index (χ1n) is 7.47. The number of anilines is 1. The number of hydrogen-bond donors (Lipinski definition) is 1. The van der Waals surface area contributed by atoms with Crippen molar-refractivity contribution < 1.29 is 18.3 Å². The molecule has 0 unspecified atom stereocenters. The Hall–Kier alpha value is -2.34. The number of carboxylic acids is 1. The Bertz CT molecular complexity index is 904. The van der Waals surface area contributed by atoms with E-state index in [2.05, 4.69) is 4.72 Å². The maximum atomic E-state index is 12.9. The van der Waals surface area contributed by atoms with Gasteiger partial charge in [-0.1, -0.05) is 18.2 Å².